The van der Waals surface area contributed by atoms with Gasteiger partial charge in [0.15, 0.2) is 0 Å². The van der Waals surface area contributed by atoms with Crippen LogP contribution in [0.15, 0.2) is 51.8 Å². The standard InChI is InChI=1S/C20H24N6O3S3/c1-15(31-20-22-23-24-26(20)14-17-6-5-13-30-17)19(27)21-16-7-9-18(10-8-16)32(28,29)25-11-3-2-4-12-25/h5-10,13,15H,2-4,11-12,14H2,1H3,(H,21,27)/t15-/m1/s1. The maximum absolute atomic E-state index is 12.8. The fraction of sp³-hybridized carbons (Fsp3) is 0.400. The Morgan fingerprint density at radius 1 is 1.19 bits per heavy atom. The molecule has 4 rings (SSSR count). The highest BCUT2D eigenvalue weighted by molar-refractivity contribution is 8.00. The topological polar surface area (TPSA) is 110 Å². The molecule has 0 radical (unpaired) electrons. The van der Waals surface area contributed by atoms with E-state index in [9.17, 15) is 13.2 Å². The van der Waals surface area contributed by atoms with Gasteiger partial charge < -0.3 is 5.32 Å². The first-order chi connectivity index (χ1) is 15.4. The highest BCUT2D eigenvalue weighted by atomic mass is 32.2. The van der Waals surface area contributed by atoms with Crippen LogP contribution in [0, 0.1) is 0 Å². The fourth-order valence-electron chi connectivity index (χ4n) is 3.35. The van der Waals surface area contributed by atoms with E-state index in [1.165, 1.54) is 16.1 Å². The van der Waals surface area contributed by atoms with Crippen molar-refractivity contribution in [2.45, 2.75) is 48.0 Å². The zero-order valence-electron chi connectivity index (χ0n) is 17.5. The van der Waals surface area contributed by atoms with Crippen LogP contribution in [0.1, 0.15) is 31.1 Å². The third-order valence-electron chi connectivity index (χ3n) is 5.11. The van der Waals surface area contributed by atoms with E-state index < -0.39 is 15.3 Å². The molecule has 9 nitrogen and oxygen atoms in total. The van der Waals surface area contributed by atoms with Crippen molar-refractivity contribution in [1.29, 1.82) is 0 Å². The fourth-order valence-corrected chi connectivity index (χ4v) is 6.34. The van der Waals surface area contributed by atoms with Crippen molar-refractivity contribution in [2.24, 2.45) is 0 Å². The molecular formula is C20H24N6O3S3. The van der Waals surface area contributed by atoms with Crippen molar-refractivity contribution in [3.63, 3.8) is 0 Å². The number of nitrogens with zero attached hydrogens (tertiary/aromatic N) is 5. The van der Waals surface area contributed by atoms with Gasteiger partial charge in [-0.2, -0.15) is 4.31 Å². The molecule has 0 unspecified atom stereocenters. The Bertz CT molecular complexity index is 1140. The number of hydrogen-bond acceptors (Lipinski definition) is 8. The molecule has 3 heterocycles. The molecular weight excluding hydrogens is 468 g/mol. The van der Waals surface area contributed by atoms with Gasteiger partial charge in [0.1, 0.15) is 0 Å². The van der Waals surface area contributed by atoms with E-state index >= 15 is 0 Å². The number of piperidine rings is 1. The Kier molecular flexibility index (Phi) is 7.23. The van der Waals surface area contributed by atoms with Crippen molar-refractivity contribution >= 4 is 44.7 Å². The number of benzene rings is 1. The number of hydrogen-bond donors (Lipinski definition) is 1. The molecule has 12 heteroatoms. The summed E-state index contributed by atoms with van der Waals surface area (Å²) >= 11 is 2.89. The van der Waals surface area contributed by atoms with Crippen molar-refractivity contribution in [3.05, 3.63) is 46.7 Å². The summed E-state index contributed by atoms with van der Waals surface area (Å²) in [4.78, 5) is 14.0. The van der Waals surface area contributed by atoms with Gasteiger partial charge in [0.2, 0.25) is 21.1 Å². The number of sulfonamides is 1. The molecule has 1 atom stereocenters. The van der Waals surface area contributed by atoms with Crippen LogP contribution in [0.3, 0.4) is 0 Å². The van der Waals surface area contributed by atoms with E-state index in [-0.39, 0.29) is 10.8 Å². The predicted molar refractivity (Wildman–Crippen MR) is 124 cm³/mol. The van der Waals surface area contributed by atoms with E-state index in [1.807, 2.05) is 17.5 Å². The van der Waals surface area contributed by atoms with Crippen molar-refractivity contribution in [3.8, 4) is 0 Å². The minimum absolute atomic E-state index is 0.215. The Hall–Kier alpha value is -2.28. The van der Waals surface area contributed by atoms with E-state index in [0.29, 0.717) is 30.5 Å². The Balaban J connectivity index is 1.36. The third-order valence-corrected chi connectivity index (χ3v) is 8.96. The van der Waals surface area contributed by atoms with Gasteiger partial charge in [0.25, 0.3) is 0 Å². The second-order valence-corrected chi connectivity index (χ2v) is 11.7. The number of carbonyl (C=O) groups is 1. The van der Waals surface area contributed by atoms with E-state index in [0.717, 1.165) is 24.1 Å². The molecule has 1 aromatic carbocycles. The number of thioether (sulfide) groups is 1. The molecule has 0 aliphatic carbocycles. The SMILES string of the molecule is C[C@@H](Sc1nnnn1Cc1cccs1)C(=O)Nc1ccc(S(=O)(=O)N2CCCCC2)cc1. The van der Waals surface area contributed by atoms with Crippen molar-refractivity contribution < 1.29 is 13.2 Å². The highest BCUT2D eigenvalue weighted by Gasteiger charge is 2.26. The minimum atomic E-state index is -3.49. The number of anilines is 1. The van der Waals surface area contributed by atoms with Crippen molar-refractivity contribution in [2.75, 3.05) is 18.4 Å². The van der Waals surface area contributed by atoms with E-state index in [2.05, 4.69) is 20.8 Å². The zero-order chi connectivity index (χ0) is 22.6. The van der Waals surface area contributed by atoms with Crippen LogP contribution < -0.4 is 5.32 Å². The first kappa shape index (κ1) is 22.9. The van der Waals surface area contributed by atoms with Gasteiger partial charge in [0, 0.05) is 23.7 Å². The lowest BCUT2D eigenvalue weighted by Crippen LogP contribution is -2.35. The second-order valence-electron chi connectivity index (χ2n) is 7.44. The lowest BCUT2D eigenvalue weighted by atomic mass is 10.2. The smallest absolute Gasteiger partial charge is 0.243 e. The van der Waals surface area contributed by atoms with Crippen LogP contribution in [0.25, 0.3) is 0 Å². The van der Waals surface area contributed by atoms with Gasteiger partial charge in [0.05, 0.1) is 16.7 Å². The first-order valence-corrected chi connectivity index (χ1v) is 13.5. The number of thiophene rings is 1. The second kappa shape index (κ2) is 10.1. The number of amides is 1. The molecule has 32 heavy (non-hydrogen) atoms. The van der Waals surface area contributed by atoms with Crippen LogP contribution in [-0.4, -0.2) is 57.2 Å². The van der Waals surface area contributed by atoms with Crippen LogP contribution in [-0.2, 0) is 21.4 Å². The summed E-state index contributed by atoms with van der Waals surface area (Å²) in [6, 6.07) is 10.3. The molecule has 2 aromatic heterocycles. The molecule has 1 amide bonds. The van der Waals surface area contributed by atoms with Gasteiger partial charge in [-0.05, 0) is 65.9 Å². The average molecular weight is 493 g/mol. The molecule has 1 aliphatic heterocycles. The van der Waals surface area contributed by atoms with E-state index in [4.69, 9.17) is 0 Å². The lowest BCUT2D eigenvalue weighted by Gasteiger charge is -2.25. The lowest BCUT2D eigenvalue weighted by molar-refractivity contribution is -0.115. The summed E-state index contributed by atoms with van der Waals surface area (Å²) in [5, 5.41) is 16.7. The normalized spacial score (nSPS) is 16.0. The Morgan fingerprint density at radius 3 is 2.62 bits per heavy atom. The maximum atomic E-state index is 12.8. The van der Waals surface area contributed by atoms with Gasteiger partial charge in [-0.15, -0.1) is 16.4 Å². The average Bonchev–Trinajstić information content (AvgIpc) is 3.47. The monoisotopic (exact) mass is 492 g/mol. The van der Waals surface area contributed by atoms with Crippen molar-refractivity contribution in [1.82, 2.24) is 24.5 Å². The van der Waals surface area contributed by atoms with Crippen LogP contribution in [0.2, 0.25) is 0 Å². The molecule has 1 saturated heterocycles. The largest absolute Gasteiger partial charge is 0.325 e. The maximum Gasteiger partial charge on any atom is 0.243 e. The molecule has 3 aromatic rings. The first-order valence-electron chi connectivity index (χ1n) is 10.3. The highest BCUT2D eigenvalue weighted by Crippen LogP contribution is 2.25. The number of tetrazole rings is 1. The quantitative estimate of drug-likeness (QED) is 0.481. The molecule has 0 spiro atoms. The molecule has 1 aliphatic rings. The van der Waals surface area contributed by atoms with E-state index in [1.54, 1.807) is 47.2 Å². The molecule has 170 valence electrons. The minimum Gasteiger partial charge on any atom is -0.325 e. The summed E-state index contributed by atoms with van der Waals surface area (Å²) in [5.74, 6) is -0.215. The van der Waals surface area contributed by atoms with Gasteiger partial charge in [-0.25, -0.2) is 13.1 Å². The number of carbonyl (C=O) groups excluding carboxylic acids is 1. The predicted octanol–water partition coefficient (Wildman–Crippen LogP) is 3.08. The zero-order valence-corrected chi connectivity index (χ0v) is 20.0. The molecule has 0 saturated carbocycles. The van der Waals surface area contributed by atoms with Gasteiger partial charge >= 0.3 is 0 Å². The number of rotatable bonds is 8. The Labute approximate surface area is 195 Å². The molecule has 1 N–H and O–H groups in total. The molecule has 1 fully saturated rings. The summed E-state index contributed by atoms with van der Waals surface area (Å²) in [5.41, 5.74) is 0.540. The third kappa shape index (κ3) is 5.37. The number of aromatic nitrogens is 4. The van der Waals surface area contributed by atoms with Crippen LogP contribution >= 0.6 is 23.1 Å². The van der Waals surface area contributed by atoms with Gasteiger partial charge in [-0.3, -0.25) is 4.79 Å². The Morgan fingerprint density at radius 2 is 1.94 bits per heavy atom. The summed E-state index contributed by atoms with van der Waals surface area (Å²) < 4.78 is 28.7. The van der Waals surface area contributed by atoms with Crippen LogP contribution in [0.4, 0.5) is 5.69 Å². The summed E-state index contributed by atoms with van der Waals surface area (Å²) in [6.45, 7) is 3.44. The van der Waals surface area contributed by atoms with Crippen LogP contribution in [0.5, 0.6) is 0 Å². The summed E-state index contributed by atoms with van der Waals surface area (Å²) in [6.07, 6.45) is 2.84. The summed E-state index contributed by atoms with van der Waals surface area (Å²) in [7, 11) is -3.49. The number of nitrogens with one attached hydrogen (secondary N) is 1. The molecule has 0 bridgehead atoms. The van der Waals surface area contributed by atoms with Gasteiger partial charge in [-0.1, -0.05) is 24.2 Å².